The van der Waals surface area contributed by atoms with Crippen LogP contribution in [0.1, 0.15) is 105 Å². The summed E-state index contributed by atoms with van der Waals surface area (Å²) in [6.45, 7) is 2.23. The van der Waals surface area contributed by atoms with Crippen molar-refractivity contribution in [2.45, 2.75) is 102 Å². The minimum atomic E-state index is -3.30. The molecule has 0 unspecified atom stereocenters. The molecule has 4 heterocycles. The Morgan fingerprint density at radius 1 is 0.677 bits per heavy atom. The number of esters is 1. The van der Waals surface area contributed by atoms with Crippen molar-refractivity contribution in [3.05, 3.63) is 132 Å². The number of alkyl halides is 4. The number of piperidine rings is 1. The molecule has 3 aliphatic carbocycles. The number of aliphatic hydroxyl groups is 1. The average Bonchev–Trinajstić information content (AvgIpc) is 1.81. The average molecular weight is 1280 g/mol. The summed E-state index contributed by atoms with van der Waals surface area (Å²) in [5.74, 6) is -4.71. The van der Waals surface area contributed by atoms with E-state index in [4.69, 9.17) is 24.1 Å². The van der Waals surface area contributed by atoms with Gasteiger partial charge in [0.2, 0.25) is 30.1 Å². The summed E-state index contributed by atoms with van der Waals surface area (Å²) in [6.07, 6.45) is 3.39. The maximum atomic E-state index is 14.7. The maximum Gasteiger partial charge on any atom is 0.309 e. The second-order valence-corrected chi connectivity index (χ2v) is 22.8. The number of nitriles is 3. The molecule has 5 fully saturated rings. The van der Waals surface area contributed by atoms with Crippen LogP contribution in [0.25, 0.3) is 33.6 Å². The summed E-state index contributed by atoms with van der Waals surface area (Å²) < 4.78 is 75.9. The van der Waals surface area contributed by atoms with Crippen LogP contribution in [0.4, 0.5) is 34.8 Å². The number of nitrogens with one attached hydrogen (secondary N) is 3. The fraction of sp³-hybridized carbons (Fsp3) is 0.382. The first kappa shape index (κ1) is 67.2. The van der Waals surface area contributed by atoms with Crippen molar-refractivity contribution in [3.63, 3.8) is 0 Å². The number of hydrogen-bond donors (Lipinski definition) is 4. The van der Waals surface area contributed by atoms with E-state index in [9.17, 15) is 62.1 Å². The number of carbonyl (C=O) groups is 6. The van der Waals surface area contributed by atoms with E-state index in [1.807, 2.05) is 24.3 Å². The van der Waals surface area contributed by atoms with E-state index < -0.39 is 61.6 Å². The van der Waals surface area contributed by atoms with Gasteiger partial charge in [0.15, 0.2) is 11.9 Å². The fourth-order valence-corrected chi connectivity index (χ4v) is 10.3. The molecule has 0 radical (unpaired) electrons. The number of benzene rings is 4. The normalized spacial score (nSPS) is 17.8. The Kier molecular flexibility index (Phi) is 22.6. The van der Waals surface area contributed by atoms with Gasteiger partial charge >= 0.3 is 11.9 Å². The Hall–Kier alpha value is -10.2. The monoisotopic (exact) mass is 1270 g/mol. The molecule has 3 atom stereocenters. The lowest BCUT2D eigenvalue weighted by Crippen LogP contribution is -2.55. The molecule has 21 nitrogen and oxygen atoms in total. The van der Waals surface area contributed by atoms with E-state index in [-0.39, 0.29) is 89.9 Å². The highest BCUT2D eigenvalue weighted by Crippen LogP contribution is 2.41. The third-order valence-electron chi connectivity index (χ3n) is 15.8. The third kappa shape index (κ3) is 18.5. The van der Waals surface area contributed by atoms with Crippen LogP contribution < -0.4 is 25.4 Å². The van der Waals surface area contributed by atoms with E-state index in [1.54, 1.807) is 79.9 Å². The fourth-order valence-electron chi connectivity index (χ4n) is 10.3. The Bertz CT molecular complexity index is 3880. The predicted molar refractivity (Wildman–Crippen MR) is 329 cm³/mol. The molecule has 0 spiro atoms. The Morgan fingerprint density at radius 2 is 1.29 bits per heavy atom. The Labute approximate surface area is 533 Å². The van der Waals surface area contributed by atoms with Gasteiger partial charge in [-0.25, -0.2) is 27.5 Å². The summed E-state index contributed by atoms with van der Waals surface area (Å²) in [7, 11) is 0. The van der Waals surface area contributed by atoms with Crippen molar-refractivity contribution in [1.82, 2.24) is 19.9 Å². The van der Waals surface area contributed by atoms with Gasteiger partial charge in [-0.15, -0.1) is 0 Å². The number of halogens is 4. The molecule has 4 amide bonds. The molecule has 2 saturated heterocycles. The van der Waals surface area contributed by atoms with Crippen molar-refractivity contribution in [3.8, 4) is 63.3 Å². The summed E-state index contributed by atoms with van der Waals surface area (Å²) >= 11 is 0. The molecule has 5 aliphatic rings. The second kappa shape index (κ2) is 31.2. The smallest absolute Gasteiger partial charge is 0.309 e. The SMILES string of the molecule is CCOC(=O)[C@@H]1C[C@H]1C(=O)Nc1cc(-c2ccc(OC3CCOCC3)c(C#N)c2)ncn1.N#Cc1cc(-c2cc(NC(=O)C3CC3)ccn2)ccc1C(=O)CCC(F)F.N#Cc1cc(-c2cccc(NC(=O)C3CC3)c2)ccc1O[C@H]1CCN(C(=O)CCO)CC1(F)F. The molecule has 3 saturated carbocycles. The van der Waals surface area contributed by atoms with E-state index in [0.717, 1.165) is 49.0 Å². The first-order chi connectivity index (χ1) is 44.9. The predicted octanol–water partition coefficient (Wildman–Crippen LogP) is 10.5. The summed E-state index contributed by atoms with van der Waals surface area (Å²) in [4.78, 5) is 85.7. The number of amides is 4. The molecule has 11 rings (SSSR count). The summed E-state index contributed by atoms with van der Waals surface area (Å²) in [6, 6.07) is 32.9. The summed E-state index contributed by atoms with van der Waals surface area (Å²) in [5.41, 5.74) is 5.85. The zero-order valence-corrected chi connectivity index (χ0v) is 50.6. The number of Topliss-reactive ketones (excluding diaryl/α,β-unsaturated/α-hetero) is 1. The molecule has 93 heavy (non-hydrogen) atoms. The van der Waals surface area contributed by atoms with Gasteiger partial charge in [-0.3, -0.25) is 33.8 Å². The number of rotatable bonds is 21. The maximum absolute atomic E-state index is 14.7. The van der Waals surface area contributed by atoms with Crippen LogP contribution in [0.15, 0.2) is 110 Å². The number of aromatic nitrogens is 3. The number of anilines is 3. The zero-order chi connectivity index (χ0) is 66.2. The first-order valence-corrected chi connectivity index (χ1v) is 30.5. The third-order valence-corrected chi connectivity index (χ3v) is 15.8. The molecule has 6 aromatic rings. The number of carbonyl (C=O) groups excluding carboxylic acids is 6. The second-order valence-electron chi connectivity index (χ2n) is 22.8. The van der Waals surface area contributed by atoms with Gasteiger partial charge in [-0.05, 0) is 117 Å². The lowest BCUT2D eigenvalue weighted by molar-refractivity contribution is -0.160. The minimum absolute atomic E-state index is 0.0105. The standard InChI is InChI=1S/C25H25F2N3O4.C23H24N4O5.C20H17F2N3O2/c26-25(27)15-30(23(32)9-11-31)10-8-22(25)34-21-7-6-18(12-19(21)14-28)17-2-1-3-20(13-17)29-24(33)16-4-5-16;1-2-31-23(29)18-10-17(18)22(28)27-21-11-19(25-13-26-21)14-3-4-20(15(9-14)12-24)32-16-5-7-30-8-6-16;21-19(22)6-5-18(26)16-4-3-13(9-14(16)11-23)17-10-15(7-8-24-17)25-20(27)12-1-2-12/h1-3,6-7,12-13,16,22,31H,4-5,8-11,15H2,(H,29,33);3-4,9,11,13,16-18H,2,5-8,10H2,1H3,(H,25,26,27,28);3-4,7-10,12,19H,1-2,5-6H2,(H,24,25,27)/t22-;17-,18-;/m01./s1. The van der Waals surface area contributed by atoms with Crippen LogP contribution in [0.3, 0.4) is 0 Å². The molecular formula is C68H66F4N10O11. The number of likely N-dealkylation sites (tertiary alicyclic amines) is 1. The molecule has 2 aromatic heterocycles. The molecule has 482 valence electrons. The van der Waals surface area contributed by atoms with Crippen LogP contribution in [-0.4, -0.2) is 124 Å². The lowest BCUT2D eigenvalue weighted by Gasteiger charge is -2.38. The van der Waals surface area contributed by atoms with Gasteiger partial charge < -0.3 is 44.9 Å². The number of nitrogens with zero attached hydrogens (tertiary/aromatic N) is 7. The van der Waals surface area contributed by atoms with Gasteiger partial charge in [-0.2, -0.15) is 15.8 Å². The van der Waals surface area contributed by atoms with Gasteiger partial charge in [0.1, 0.15) is 41.9 Å². The molecular weight excluding hydrogens is 1210 g/mol. The minimum Gasteiger partial charge on any atom is -0.489 e. The number of ether oxygens (including phenoxy) is 4. The van der Waals surface area contributed by atoms with Crippen molar-refractivity contribution in [2.75, 3.05) is 55.5 Å². The van der Waals surface area contributed by atoms with Crippen LogP contribution in [0.5, 0.6) is 11.5 Å². The zero-order valence-electron chi connectivity index (χ0n) is 50.6. The van der Waals surface area contributed by atoms with Crippen LogP contribution in [-0.2, 0) is 33.4 Å². The Morgan fingerprint density at radius 3 is 1.92 bits per heavy atom. The van der Waals surface area contributed by atoms with Crippen LogP contribution in [0, 0.1) is 57.7 Å². The summed E-state index contributed by atoms with van der Waals surface area (Å²) in [5, 5.41) is 45.9. The quantitative estimate of drug-likeness (QED) is 0.0296. The van der Waals surface area contributed by atoms with Gasteiger partial charge in [-0.1, -0.05) is 24.3 Å². The first-order valence-electron chi connectivity index (χ1n) is 30.5. The molecule has 4 N–H and O–H groups in total. The van der Waals surface area contributed by atoms with E-state index >= 15 is 0 Å². The van der Waals surface area contributed by atoms with Crippen LogP contribution in [0.2, 0.25) is 0 Å². The van der Waals surface area contributed by atoms with E-state index in [1.165, 1.54) is 24.5 Å². The van der Waals surface area contributed by atoms with Crippen LogP contribution >= 0.6 is 0 Å². The molecule has 2 aliphatic heterocycles. The molecule has 4 aromatic carbocycles. The van der Waals surface area contributed by atoms with Crippen molar-refractivity contribution in [1.29, 1.82) is 15.8 Å². The van der Waals surface area contributed by atoms with Gasteiger partial charge in [0, 0.05) is 97.2 Å². The molecule has 0 bridgehead atoms. The van der Waals surface area contributed by atoms with Crippen molar-refractivity contribution < 1.29 is 70.4 Å². The highest BCUT2D eigenvalue weighted by Gasteiger charge is 2.50. The highest BCUT2D eigenvalue weighted by atomic mass is 19.3. The topological polar surface area (TPSA) is 309 Å². The number of ketones is 1. The number of pyridine rings is 1. The number of aliphatic hydroxyl groups excluding tert-OH is 1. The van der Waals surface area contributed by atoms with E-state index in [0.29, 0.717) is 82.8 Å². The van der Waals surface area contributed by atoms with Crippen molar-refractivity contribution >= 4 is 52.6 Å². The van der Waals surface area contributed by atoms with E-state index in [2.05, 4.69) is 37.0 Å². The van der Waals surface area contributed by atoms with Crippen molar-refractivity contribution in [2.24, 2.45) is 23.7 Å². The molecule has 25 heteroatoms. The largest absolute Gasteiger partial charge is 0.489 e. The highest BCUT2D eigenvalue weighted by molar-refractivity contribution is 6.00. The number of hydrogen-bond acceptors (Lipinski definition) is 17. The Balaban J connectivity index is 0.000000166. The van der Waals surface area contributed by atoms with Gasteiger partial charge in [0.25, 0.3) is 0 Å². The lowest BCUT2D eigenvalue weighted by atomic mass is 9.97. The van der Waals surface area contributed by atoms with Gasteiger partial charge in [0.05, 0.1) is 79.0 Å².